The van der Waals surface area contributed by atoms with Gasteiger partial charge in [-0.1, -0.05) is 0 Å². The lowest BCUT2D eigenvalue weighted by molar-refractivity contribution is -0.137. The first-order valence-corrected chi connectivity index (χ1v) is 14.6. The van der Waals surface area contributed by atoms with Crippen LogP contribution in [0, 0.1) is 18.6 Å². The summed E-state index contributed by atoms with van der Waals surface area (Å²) in [5, 5.41) is 3.37. The lowest BCUT2D eigenvalue weighted by Gasteiger charge is -2.38. The zero-order valence-corrected chi connectivity index (χ0v) is 24.1. The van der Waals surface area contributed by atoms with Gasteiger partial charge in [-0.15, -0.1) is 0 Å². The Hall–Kier alpha value is -3.59. The van der Waals surface area contributed by atoms with Crippen LogP contribution in [-0.4, -0.2) is 83.0 Å². The molecule has 0 amide bonds. The average molecular weight is 624 g/mol. The Kier molecular flexibility index (Phi) is 6.77. The number of piperazine rings is 1. The maximum atomic E-state index is 16.6. The van der Waals surface area contributed by atoms with Crippen LogP contribution in [0.15, 0.2) is 6.07 Å². The van der Waals surface area contributed by atoms with Crippen LogP contribution < -0.4 is 25.4 Å². The van der Waals surface area contributed by atoms with E-state index in [1.807, 2.05) is 4.90 Å². The summed E-state index contributed by atoms with van der Waals surface area (Å²) >= 11 is 0. The third-order valence-electron chi connectivity index (χ3n) is 9.40. The van der Waals surface area contributed by atoms with E-state index in [0.29, 0.717) is 26.2 Å². The molecule has 44 heavy (non-hydrogen) atoms. The Balaban J connectivity index is 1.43. The summed E-state index contributed by atoms with van der Waals surface area (Å²) in [4.78, 5) is 17.2. The summed E-state index contributed by atoms with van der Waals surface area (Å²) in [6.45, 7) is 5.37. The molecule has 15 heteroatoms. The number of ether oxygens (including phenoxy) is 2. The number of benzene rings is 1. The Morgan fingerprint density at radius 3 is 2.75 bits per heavy atom. The fourth-order valence-corrected chi connectivity index (χ4v) is 7.32. The van der Waals surface area contributed by atoms with E-state index in [1.54, 1.807) is 6.92 Å². The Labute approximate surface area is 248 Å². The zero-order chi connectivity index (χ0) is 31.1. The number of rotatable bonds is 4. The van der Waals surface area contributed by atoms with Crippen LogP contribution in [0.2, 0.25) is 0 Å². The van der Waals surface area contributed by atoms with Crippen LogP contribution in [0.25, 0.3) is 22.2 Å². The first-order valence-electron chi connectivity index (χ1n) is 14.6. The Bertz CT molecular complexity index is 1660. The molecule has 0 bridgehead atoms. The molecular formula is C29H31F6N7O2. The van der Waals surface area contributed by atoms with Crippen molar-refractivity contribution >= 4 is 22.4 Å². The second-order valence-corrected chi connectivity index (χ2v) is 12.1. The minimum atomic E-state index is -5.06. The summed E-state index contributed by atoms with van der Waals surface area (Å²) in [5.74, 6) is -2.33. The number of pyridine rings is 1. The Morgan fingerprint density at radius 2 is 1.98 bits per heavy atom. The lowest BCUT2D eigenvalue weighted by atomic mass is 9.95. The molecule has 1 aromatic carbocycles. The van der Waals surface area contributed by atoms with Crippen LogP contribution in [0.5, 0.6) is 11.9 Å². The number of aromatic nitrogens is 3. The van der Waals surface area contributed by atoms with E-state index < -0.39 is 63.7 Å². The molecule has 3 aromatic rings. The number of alkyl halides is 4. The number of anilines is 2. The van der Waals surface area contributed by atoms with Crippen molar-refractivity contribution < 1.29 is 35.8 Å². The van der Waals surface area contributed by atoms with E-state index in [-0.39, 0.29) is 47.7 Å². The number of halogens is 6. The molecule has 3 fully saturated rings. The van der Waals surface area contributed by atoms with Gasteiger partial charge in [-0.2, -0.15) is 23.1 Å². The SMILES string of the molecule is Cc1c(F)c(N)cc(-c2nc3c4c(nc(OCC56CCCN5C[C@H](F)C6)nc4c2F)N2CCNC[C@@H]2[C@H](C)O3)c1C(F)(F)F. The normalized spacial score (nSPS) is 26.8. The molecule has 0 aliphatic carbocycles. The van der Waals surface area contributed by atoms with Crippen molar-refractivity contribution in [2.45, 2.75) is 63.1 Å². The maximum Gasteiger partial charge on any atom is 0.417 e. The zero-order valence-electron chi connectivity index (χ0n) is 24.1. The molecular weight excluding hydrogens is 592 g/mol. The topological polar surface area (TPSA) is 102 Å². The summed E-state index contributed by atoms with van der Waals surface area (Å²) in [7, 11) is 0. The number of nitrogens with two attached hydrogens (primary N) is 1. The molecule has 6 heterocycles. The first-order chi connectivity index (χ1) is 20.9. The monoisotopic (exact) mass is 623 g/mol. The number of nitrogens with zero attached hydrogens (tertiary/aromatic N) is 5. The molecule has 4 aliphatic rings. The molecule has 7 rings (SSSR count). The number of nitrogen functional groups attached to an aromatic ring is 1. The van der Waals surface area contributed by atoms with Gasteiger partial charge in [0.2, 0.25) is 5.88 Å². The van der Waals surface area contributed by atoms with Crippen molar-refractivity contribution in [3.05, 3.63) is 28.8 Å². The van der Waals surface area contributed by atoms with E-state index in [2.05, 4.69) is 25.2 Å². The third-order valence-corrected chi connectivity index (χ3v) is 9.40. The van der Waals surface area contributed by atoms with E-state index >= 15 is 4.39 Å². The van der Waals surface area contributed by atoms with Gasteiger partial charge in [-0.05, 0) is 44.9 Å². The largest absolute Gasteiger partial charge is 0.472 e. The van der Waals surface area contributed by atoms with Crippen LogP contribution in [0.4, 0.5) is 37.8 Å². The highest BCUT2D eigenvalue weighted by Gasteiger charge is 2.49. The van der Waals surface area contributed by atoms with Gasteiger partial charge in [-0.3, -0.25) is 4.90 Å². The highest BCUT2D eigenvalue weighted by Crippen LogP contribution is 2.46. The second kappa shape index (κ2) is 10.2. The highest BCUT2D eigenvalue weighted by molar-refractivity contribution is 5.97. The van der Waals surface area contributed by atoms with Gasteiger partial charge < -0.3 is 25.4 Å². The van der Waals surface area contributed by atoms with E-state index in [1.165, 1.54) is 0 Å². The molecule has 236 valence electrons. The molecule has 3 N–H and O–H groups in total. The number of hydrogen-bond acceptors (Lipinski definition) is 9. The molecule has 0 spiro atoms. The second-order valence-electron chi connectivity index (χ2n) is 12.1. The van der Waals surface area contributed by atoms with Crippen LogP contribution in [-0.2, 0) is 6.18 Å². The third kappa shape index (κ3) is 4.49. The number of hydrogen-bond donors (Lipinski definition) is 2. The molecule has 2 aromatic heterocycles. The molecule has 3 saturated heterocycles. The van der Waals surface area contributed by atoms with Gasteiger partial charge in [0.1, 0.15) is 47.1 Å². The van der Waals surface area contributed by atoms with Crippen molar-refractivity contribution in [1.29, 1.82) is 0 Å². The van der Waals surface area contributed by atoms with Crippen molar-refractivity contribution in [3.63, 3.8) is 0 Å². The highest BCUT2D eigenvalue weighted by atomic mass is 19.4. The van der Waals surface area contributed by atoms with Crippen molar-refractivity contribution in [2.75, 3.05) is 50.0 Å². The van der Waals surface area contributed by atoms with Gasteiger partial charge >= 0.3 is 12.2 Å². The average Bonchev–Trinajstić information content (AvgIpc) is 3.46. The molecule has 4 aliphatic heterocycles. The summed E-state index contributed by atoms with van der Waals surface area (Å²) in [6.07, 6.45) is -4.70. The summed E-state index contributed by atoms with van der Waals surface area (Å²) in [6, 6.07) is 0.245. The van der Waals surface area contributed by atoms with Gasteiger partial charge in [0.15, 0.2) is 5.82 Å². The molecule has 4 atom stereocenters. The molecule has 0 radical (unpaired) electrons. The van der Waals surface area contributed by atoms with Crippen molar-refractivity contribution in [2.24, 2.45) is 0 Å². The standard InChI is InChI=1S/C29H31F6N7O2/c1-13-20(29(33,34)35)16(8-17(36)21(13)31)23-22(32)24-19-25(42-7-5-37-10-18(42)14(2)44-26(19)38-23)40-27(39-24)43-12-28-4-3-6-41(28)11-15(30)9-28/h8,14-15,18,37H,3-7,9-12,36H2,1-2H3/t14-,15+,18+,28?/m0/s1. The predicted molar refractivity (Wildman–Crippen MR) is 149 cm³/mol. The number of nitrogens with one attached hydrogen (secondary N) is 1. The minimum Gasteiger partial charge on any atom is -0.472 e. The first kappa shape index (κ1) is 29.1. The molecule has 9 nitrogen and oxygen atoms in total. The van der Waals surface area contributed by atoms with Gasteiger partial charge in [0, 0.05) is 38.2 Å². The van der Waals surface area contributed by atoms with Gasteiger partial charge in [0.05, 0.1) is 22.8 Å². The Morgan fingerprint density at radius 1 is 1.18 bits per heavy atom. The van der Waals surface area contributed by atoms with E-state index in [0.717, 1.165) is 32.4 Å². The van der Waals surface area contributed by atoms with Crippen molar-refractivity contribution in [3.8, 4) is 23.1 Å². The molecule has 1 unspecified atom stereocenters. The number of fused-ring (bicyclic) bond motifs is 3. The van der Waals surface area contributed by atoms with Crippen molar-refractivity contribution in [1.82, 2.24) is 25.2 Å². The predicted octanol–water partition coefficient (Wildman–Crippen LogP) is 4.39. The van der Waals surface area contributed by atoms with E-state index in [9.17, 15) is 22.0 Å². The summed E-state index contributed by atoms with van der Waals surface area (Å²) in [5.41, 5.74) is 0.557. The fourth-order valence-electron chi connectivity index (χ4n) is 7.32. The van der Waals surface area contributed by atoms with E-state index in [4.69, 9.17) is 15.2 Å². The minimum absolute atomic E-state index is 0.0641. The fraction of sp³-hybridized carbons (Fsp3) is 0.552. The lowest BCUT2D eigenvalue weighted by Crippen LogP contribution is -2.56. The molecule has 0 saturated carbocycles. The van der Waals surface area contributed by atoms with Gasteiger partial charge in [0.25, 0.3) is 0 Å². The van der Waals surface area contributed by atoms with Crippen LogP contribution in [0.1, 0.15) is 37.3 Å². The quantitative estimate of drug-likeness (QED) is 0.324. The maximum absolute atomic E-state index is 16.6. The smallest absolute Gasteiger partial charge is 0.417 e. The van der Waals surface area contributed by atoms with Gasteiger partial charge in [-0.25, -0.2) is 18.2 Å². The van der Waals surface area contributed by atoms with Crippen LogP contribution >= 0.6 is 0 Å². The van der Waals surface area contributed by atoms with Crippen LogP contribution in [0.3, 0.4) is 0 Å². The summed E-state index contributed by atoms with van der Waals surface area (Å²) < 4.78 is 101.